The van der Waals surface area contributed by atoms with E-state index in [1.54, 1.807) is 18.2 Å². The molecule has 0 saturated carbocycles. The standard InChI is InChI=1S/C16H19N3O2/c1-18(2)15-8-5-7-14(12-15)17-11-10-13-6-3-4-9-16(13)19(20)21/h3-9,12,17H,10-11H2,1-2H3. The van der Waals surface area contributed by atoms with Crippen molar-refractivity contribution in [1.82, 2.24) is 0 Å². The molecule has 0 atom stereocenters. The number of rotatable bonds is 6. The molecular weight excluding hydrogens is 266 g/mol. The maximum absolute atomic E-state index is 11.0. The summed E-state index contributed by atoms with van der Waals surface area (Å²) in [4.78, 5) is 12.7. The zero-order valence-electron chi connectivity index (χ0n) is 12.2. The predicted octanol–water partition coefficient (Wildman–Crippen LogP) is 3.32. The van der Waals surface area contributed by atoms with E-state index >= 15 is 0 Å². The first-order valence-electron chi connectivity index (χ1n) is 6.81. The van der Waals surface area contributed by atoms with E-state index in [4.69, 9.17) is 0 Å². The lowest BCUT2D eigenvalue weighted by molar-refractivity contribution is -0.385. The molecule has 0 saturated heterocycles. The summed E-state index contributed by atoms with van der Waals surface area (Å²) in [5.74, 6) is 0. The molecule has 0 aliphatic heterocycles. The highest BCUT2D eigenvalue weighted by atomic mass is 16.6. The van der Waals surface area contributed by atoms with Gasteiger partial charge >= 0.3 is 0 Å². The van der Waals surface area contributed by atoms with Crippen LogP contribution in [0.25, 0.3) is 0 Å². The van der Waals surface area contributed by atoms with Crippen molar-refractivity contribution in [2.45, 2.75) is 6.42 Å². The van der Waals surface area contributed by atoms with Gasteiger partial charge in [-0.15, -0.1) is 0 Å². The van der Waals surface area contributed by atoms with E-state index in [0.29, 0.717) is 13.0 Å². The van der Waals surface area contributed by atoms with Crippen molar-refractivity contribution in [2.24, 2.45) is 0 Å². The summed E-state index contributed by atoms with van der Waals surface area (Å²) >= 11 is 0. The van der Waals surface area contributed by atoms with Gasteiger partial charge < -0.3 is 10.2 Å². The molecule has 0 unspecified atom stereocenters. The average Bonchev–Trinajstić information content (AvgIpc) is 2.48. The Bertz CT molecular complexity index is 626. The van der Waals surface area contributed by atoms with Crippen molar-refractivity contribution >= 4 is 17.1 Å². The van der Waals surface area contributed by atoms with Gasteiger partial charge in [0, 0.05) is 43.6 Å². The lowest BCUT2D eigenvalue weighted by atomic mass is 10.1. The largest absolute Gasteiger partial charge is 0.385 e. The molecule has 5 heteroatoms. The fourth-order valence-electron chi connectivity index (χ4n) is 2.14. The number of nitrogens with one attached hydrogen (secondary N) is 1. The molecule has 110 valence electrons. The van der Waals surface area contributed by atoms with Crippen LogP contribution in [0.2, 0.25) is 0 Å². The Morgan fingerprint density at radius 3 is 2.62 bits per heavy atom. The normalized spacial score (nSPS) is 10.2. The third-order valence-electron chi connectivity index (χ3n) is 3.27. The number of anilines is 2. The van der Waals surface area contributed by atoms with E-state index in [9.17, 15) is 10.1 Å². The maximum Gasteiger partial charge on any atom is 0.272 e. The highest BCUT2D eigenvalue weighted by molar-refractivity contribution is 5.57. The number of para-hydroxylation sites is 1. The molecule has 0 heterocycles. The number of hydrogen-bond acceptors (Lipinski definition) is 4. The number of nitrogens with zero attached hydrogens (tertiary/aromatic N) is 2. The van der Waals surface area contributed by atoms with Crippen LogP contribution in [0, 0.1) is 10.1 Å². The van der Waals surface area contributed by atoms with Crippen molar-refractivity contribution in [3.8, 4) is 0 Å². The van der Waals surface area contributed by atoms with Gasteiger partial charge in [0.15, 0.2) is 0 Å². The van der Waals surface area contributed by atoms with Gasteiger partial charge in [-0.3, -0.25) is 10.1 Å². The molecule has 1 N–H and O–H groups in total. The Labute approximate surface area is 124 Å². The van der Waals surface area contributed by atoms with Gasteiger partial charge in [0.1, 0.15) is 0 Å². The Morgan fingerprint density at radius 1 is 1.14 bits per heavy atom. The fraction of sp³-hybridized carbons (Fsp3) is 0.250. The molecule has 0 aromatic heterocycles. The molecule has 0 aliphatic carbocycles. The number of benzene rings is 2. The van der Waals surface area contributed by atoms with Gasteiger partial charge in [0.05, 0.1) is 4.92 Å². The number of hydrogen-bond donors (Lipinski definition) is 1. The van der Waals surface area contributed by atoms with Crippen LogP contribution in [-0.2, 0) is 6.42 Å². The Morgan fingerprint density at radius 2 is 1.90 bits per heavy atom. The van der Waals surface area contributed by atoms with Gasteiger partial charge in [0.2, 0.25) is 0 Å². The van der Waals surface area contributed by atoms with E-state index in [1.165, 1.54) is 0 Å². The van der Waals surface area contributed by atoms with E-state index in [0.717, 1.165) is 16.9 Å². The minimum absolute atomic E-state index is 0.182. The van der Waals surface area contributed by atoms with E-state index in [2.05, 4.69) is 11.4 Å². The van der Waals surface area contributed by atoms with Crippen LogP contribution in [-0.4, -0.2) is 25.6 Å². The van der Waals surface area contributed by atoms with Gasteiger partial charge in [-0.2, -0.15) is 0 Å². The predicted molar refractivity (Wildman–Crippen MR) is 86.1 cm³/mol. The van der Waals surface area contributed by atoms with Crippen LogP contribution < -0.4 is 10.2 Å². The molecule has 0 amide bonds. The van der Waals surface area contributed by atoms with Crippen LogP contribution >= 0.6 is 0 Å². The molecule has 0 radical (unpaired) electrons. The fourth-order valence-corrected chi connectivity index (χ4v) is 2.14. The summed E-state index contributed by atoms with van der Waals surface area (Å²) in [5, 5.41) is 14.3. The first-order valence-corrected chi connectivity index (χ1v) is 6.81. The van der Waals surface area contributed by atoms with Gasteiger partial charge in [0.25, 0.3) is 5.69 Å². The quantitative estimate of drug-likeness (QED) is 0.653. The molecule has 0 aliphatic rings. The van der Waals surface area contributed by atoms with Gasteiger partial charge in [-0.1, -0.05) is 24.3 Å². The molecule has 2 rings (SSSR count). The first-order chi connectivity index (χ1) is 10.1. The van der Waals surface area contributed by atoms with E-state index in [1.807, 2.05) is 43.3 Å². The van der Waals surface area contributed by atoms with E-state index < -0.39 is 0 Å². The van der Waals surface area contributed by atoms with Crippen molar-refractivity contribution in [3.63, 3.8) is 0 Å². The van der Waals surface area contributed by atoms with Crippen LogP contribution in [0.15, 0.2) is 48.5 Å². The molecule has 0 fully saturated rings. The lowest BCUT2D eigenvalue weighted by Gasteiger charge is -2.14. The summed E-state index contributed by atoms with van der Waals surface area (Å²) in [6, 6.07) is 14.9. The average molecular weight is 285 g/mol. The monoisotopic (exact) mass is 285 g/mol. The summed E-state index contributed by atoms with van der Waals surface area (Å²) in [6.45, 7) is 0.654. The zero-order chi connectivity index (χ0) is 15.2. The molecule has 21 heavy (non-hydrogen) atoms. The van der Waals surface area contributed by atoms with Crippen LogP contribution in [0.5, 0.6) is 0 Å². The number of nitro benzene ring substituents is 1. The molecule has 2 aromatic rings. The molecule has 2 aromatic carbocycles. The van der Waals surface area contributed by atoms with Gasteiger partial charge in [-0.25, -0.2) is 0 Å². The van der Waals surface area contributed by atoms with Crippen LogP contribution in [0.3, 0.4) is 0 Å². The summed E-state index contributed by atoms with van der Waals surface area (Å²) in [6.07, 6.45) is 0.614. The van der Waals surface area contributed by atoms with Gasteiger partial charge in [-0.05, 0) is 24.6 Å². The first kappa shape index (κ1) is 14.8. The minimum Gasteiger partial charge on any atom is -0.385 e. The summed E-state index contributed by atoms with van der Waals surface area (Å²) in [5.41, 5.74) is 3.06. The summed E-state index contributed by atoms with van der Waals surface area (Å²) < 4.78 is 0. The van der Waals surface area contributed by atoms with Crippen molar-refractivity contribution in [3.05, 3.63) is 64.2 Å². The lowest BCUT2D eigenvalue weighted by Crippen LogP contribution is -2.10. The SMILES string of the molecule is CN(C)c1cccc(NCCc2ccccc2[N+](=O)[O-])c1. The second-order valence-corrected chi connectivity index (χ2v) is 5.01. The minimum atomic E-state index is -0.331. The zero-order valence-corrected chi connectivity index (χ0v) is 12.2. The highest BCUT2D eigenvalue weighted by Gasteiger charge is 2.11. The molecule has 5 nitrogen and oxygen atoms in total. The third kappa shape index (κ3) is 3.95. The Kier molecular flexibility index (Phi) is 4.77. The van der Waals surface area contributed by atoms with E-state index in [-0.39, 0.29) is 10.6 Å². The molecule has 0 spiro atoms. The van der Waals surface area contributed by atoms with Crippen molar-refractivity contribution < 1.29 is 4.92 Å². The Hall–Kier alpha value is -2.56. The highest BCUT2D eigenvalue weighted by Crippen LogP contribution is 2.20. The second kappa shape index (κ2) is 6.74. The van der Waals surface area contributed by atoms with Crippen molar-refractivity contribution in [2.75, 3.05) is 30.9 Å². The molecular formula is C16H19N3O2. The molecule has 0 bridgehead atoms. The van der Waals surface area contributed by atoms with Crippen LogP contribution in [0.4, 0.5) is 17.1 Å². The topological polar surface area (TPSA) is 58.4 Å². The second-order valence-electron chi connectivity index (χ2n) is 5.01. The maximum atomic E-state index is 11.0. The smallest absolute Gasteiger partial charge is 0.272 e. The Balaban J connectivity index is 1.99. The summed E-state index contributed by atoms with van der Waals surface area (Å²) in [7, 11) is 3.99. The number of nitro groups is 1. The van der Waals surface area contributed by atoms with Crippen molar-refractivity contribution in [1.29, 1.82) is 0 Å². The van der Waals surface area contributed by atoms with Crippen LogP contribution in [0.1, 0.15) is 5.56 Å². The third-order valence-corrected chi connectivity index (χ3v) is 3.27.